The number of nitrogens with zero attached hydrogens (tertiary/aromatic N) is 6. The maximum Gasteiger partial charge on any atom is 0.342 e. The number of thioether (sulfide) groups is 1. The number of aliphatic hydroxyl groups excluding tert-OH is 1. The summed E-state index contributed by atoms with van der Waals surface area (Å²) in [5, 5.41) is 30.4. The van der Waals surface area contributed by atoms with Gasteiger partial charge in [-0.2, -0.15) is 0 Å². The van der Waals surface area contributed by atoms with Crippen LogP contribution in [0.5, 0.6) is 0 Å². The van der Waals surface area contributed by atoms with Gasteiger partial charge in [-0.25, -0.2) is 13.9 Å². The number of aliphatic hydroxyl groups is 1. The number of benzene rings is 1. The third kappa shape index (κ3) is 4.34. The molecule has 0 saturated carbocycles. The Kier molecular flexibility index (Phi) is 5.82. The van der Waals surface area contributed by atoms with Crippen molar-refractivity contribution < 1.29 is 18.8 Å². The van der Waals surface area contributed by atoms with E-state index in [9.17, 15) is 19.6 Å². The minimum Gasteiger partial charge on any atom is -0.461 e. The molecule has 0 bridgehead atoms. The number of halogens is 1. The van der Waals surface area contributed by atoms with Crippen molar-refractivity contribution in [3.05, 3.63) is 70.6 Å². The topological polar surface area (TPSA) is 125 Å². The van der Waals surface area contributed by atoms with E-state index in [4.69, 9.17) is 4.42 Å². The van der Waals surface area contributed by atoms with Crippen LogP contribution in [0.4, 0.5) is 10.2 Å². The van der Waals surface area contributed by atoms with Crippen molar-refractivity contribution in [2.24, 2.45) is 0 Å². The van der Waals surface area contributed by atoms with Crippen LogP contribution >= 0.6 is 11.8 Å². The number of hydrogen-bond donors (Lipinski definition) is 1. The van der Waals surface area contributed by atoms with Crippen LogP contribution in [-0.2, 0) is 6.54 Å². The summed E-state index contributed by atoms with van der Waals surface area (Å²) in [7, 11) is 0. The number of hydrogen-bond acceptors (Lipinski definition) is 8. The number of imidazole rings is 1. The summed E-state index contributed by atoms with van der Waals surface area (Å²) >= 11 is 1.21. The Bertz CT molecular complexity index is 1190. The first kappa shape index (κ1) is 20.8. The lowest BCUT2D eigenvalue weighted by atomic mass is 10.3. The fourth-order valence-electron chi connectivity index (χ4n) is 3.01. The Hall–Kier alpha value is -3.51. The molecule has 0 aliphatic carbocycles. The van der Waals surface area contributed by atoms with Crippen molar-refractivity contribution in [1.29, 1.82) is 0 Å². The molecule has 12 heteroatoms. The summed E-state index contributed by atoms with van der Waals surface area (Å²) in [5.74, 6) is 0.968. The second-order valence-corrected chi connectivity index (χ2v) is 7.58. The Labute approximate surface area is 179 Å². The van der Waals surface area contributed by atoms with Crippen LogP contribution in [0.2, 0.25) is 0 Å². The lowest BCUT2D eigenvalue weighted by molar-refractivity contribution is -0.392. The number of rotatable bonds is 8. The lowest BCUT2D eigenvalue weighted by Crippen LogP contribution is -2.20. The number of nitro groups is 1. The second kappa shape index (κ2) is 8.70. The quantitative estimate of drug-likeness (QED) is 0.249. The van der Waals surface area contributed by atoms with E-state index in [2.05, 4.69) is 15.2 Å². The van der Waals surface area contributed by atoms with Gasteiger partial charge in [0.25, 0.3) is 0 Å². The summed E-state index contributed by atoms with van der Waals surface area (Å²) in [4.78, 5) is 14.5. The Morgan fingerprint density at radius 3 is 2.74 bits per heavy atom. The molecular formula is C19H17FN6O4S. The van der Waals surface area contributed by atoms with Gasteiger partial charge in [-0.05, 0) is 41.3 Å². The van der Waals surface area contributed by atoms with Crippen molar-refractivity contribution >= 4 is 17.6 Å². The molecule has 0 saturated heterocycles. The molecule has 1 aromatic carbocycles. The first-order valence-electron chi connectivity index (χ1n) is 9.16. The zero-order valence-electron chi connectivity index (χ0n) is 16.3. The predicted octanol–water partition coefficient (Wildman–Crippen LogP) is 3.23. The van der Waals surface area contributed by atoms with E-state index in [1.807, 2.05) is 0 Å². The monoisotopic (exact) mass is 444 g/mol. The third-order valence-corrected chi connectivity index (χ3v) is 5.55. The number of furan rings is 1. The molecule has 0 aliphatic heterocycles. The van der Waals surface area contributed by atoms with Crippen LogP contribution in [0.3, 0.4) is 0 Å². The summed E-state index contributed by atoms with van der Waals surface area (Å²) in [6, 6.07) is 9.27. The van der Waals surface area contributed by atoms with Gasteiger partial charge in [-0.15, -0.1) is 10.2 Å². The molecule has 0 radical (unpaired) electrons. The molecule has 0 aliphatic rings. The van der Waals surface area contributed by atoms with Crippen LogP contribution in [0, 0.1) is 22.9 Å². The first-order valence-corrected chi connectivity index (χ1v) is 10.1. The van der Waals surface area contributed by atoms with Crippen molar-refractivity contribution in [3.63, 3.8) is 0 Å². The molecule has 0 amide bonds. The van der Waals surface area contributed by atoms with Crippen molar-refractivity contribution in [3.8, 4) is 17.3 Å². The van der Waals surface area contributed by atoms with E-state index in [1.54, 1.807) is 35.8 Å². The molecule has 3 heterocycles. The van der Waals surface area contributed by atoms with Crippen LogP contribution in [0.15, 0.2) is 58.4 Å². The Balaban J connectivity index is 1.57. The minimum absolute atomic E-state index is 0.00483. The molecular weight excluding hydrogens is 427 g/mol. The van der Waals surface area contributed by atoms with Gasteiger partial charge in [-0.3, -0.25) is 4.57 Å². The molecule has 160 valence electrons. The summed E-state index contributed by atoms with van der Waals surface area (Å²) < 4.78 is 21.9. The fraction of sp³-hybridized carbons (Fsp3) is 0.211. The summed E-state index contributed by atoms with van der Waals surface area (Å²) in [5.41, 5.74) is 0.621. The average molecular weight is 444 g/mol. The third-order valence-electron chi connectivity index (χ3n) is 4.48. The summed E-state index contributed by atoms with van der Waals surface area (Å²) in [6.45, 7) is 1.64. The van der Waals surface area contributed by atoms with Crippen LogP contribution in [0.25, 0.3) is 17.3 Å². The standard InChI is InChI=1S/C19H17FN6O4S/c1-12-21-9-17(26(28)29)24(12)10-15(27)11-31-19-23-22-18(16-3-2-8-30-16)25(19)14-6-4-13(20)5-7-14/h2-9,15,27H,10-11H2,1H3. The van der Waals surface area contributed by atoms with Gasteiger partial charge in [0.1, 0.15) is 24.7 Å². The smallest absolute Gasteiger partial charge is 0.342 e. The molecule has 4 rings (SSSR count). The lowest BCUT2D eigenvalue weighted by Gasteiger charge is -2.12. The van der Waals surface area contributed by atoms with E-state index in [0.717, 1.165) is 6.20 Å². The highest BCUT2D eigenvalue weighted by Crippen LogP contribution is 2.29. The molecule has 0 spiro atoms. The molecule has 1 N–H and O–H groups in total. The van der Waals surface area contributed by atoms with Gasteiger partial charge >= 0.3 is 5.82 Å². The van der Waals surface area contributed by atoms with Crippen LogP contribution < -0.4 is 0 Å². The van der Waals surface area contributed by atoms with Gasteiger partial charge in [0.05, 0.1) is 12.0 Å². The van der Waals surface area contributed by atoms with Gasteiger partial charge in [0.15, 0.2) is 16.7 Å². The molecule has 10 nitrogen and oxygen atoms in total. The maximum absolute atomic E-state index is 13.4. The van der Waals surface area contributed by atoms with Gasteiger partial charge in [0.2, 0.25) is 5.82 Å². The highest BCUT2D eigenvalue weighted by Gasteiger charge is 2.23. The SMILES string of the molecule is Cc1ncc([N+](=O)[O-])n1CC(O)CSc1nnc(-c2ccco2)n1-c1ccc(F)cc1. The van der Waals surface area contributed by atoms with Crippen molar-refractivity contribution in [2.75, 3.05) is 5.75 Å². The molecule has 0 fully saturated rings. The van der Waals surface area contributed by atoms with E-state index in [-0.39, 0.29) is 23.9 Å². The molecule has 31 heavy (non-hydrogen) atoms. The molecule has 1 atom stereocenters. The van der Waals surface area contributed by atoms with Crippen molar-refractivity contribution in [2.45, 2.75) is 24.7 Å². The fourth-order valence-corrected chi connectivity index (χ4v) is 3.88. The normalized spacial score (nSPS) is 12.2. The van der Waals surface area contributed by atoms with Gasteiger partial charge in [-0.1, -0.05) is 11.8 Å². The highest BCUT2D eigenvalue weighted by molar-refractivity contribution is 7.99. The average Bonchev–Trinajstić information content (AvgIpc) is 3.47. The van der Waals surface area contributed by atoms with E-state index in [1.165, 1.54) is 34.7 Å². The maximum atomic E-state index is 13.4. The number of aromatic nitrogens is 5. The number of aryl methyl sites for hydroxylation is 1. The van der Waals surface area contributed by atoms with Gasteiger partial charge in [0, 0.05) is 12.7 Å². The largest absolute Gasteiger partial charge is 0.461 e. The minimum atomic E-state index is -0.915. The molecule has 4 aromatic rings. The second-order valence-electron chi connectivity index (χ2n) is 6.59. The van der Waals surface area contributed by atoms with E-state index in [0.29, 0.717) is 28.3 Å². The van der Waals surface area contributed by atoms with E-state index >= 15 is 0 Å². The zero-order chi connectivity index (χ0) is 22.0. The zero-order valence-corrected chi connectivity index (χ0v) is 17.1. The predicted molar refractivity (Wildman–Crippen MR) is 109 cm³/mol. The molecule has 3 aromatic heterocycles. The van der Waals surface area contributed by atoms with E-state index < -0.39 is 11.0 Å². The van der Waals surface area contributed by atoms with Crippen LogP contribution in [-0.4, -0.2) is 46.2 Å². The van der Waals surface area contributed by atoms with Gasteiger partial charge < -0.3 is 19.6 Å². The van der Waals surface area contributed by atoms with Crippen molar-refractivity contribution in [1.82, 2.24) is 24.3 Å². The van der Waals surface area contributed by atoms with Crippen LogP contribution in [0.1, 0.15) is 5.82 Å². The highest BCUT2D eigenvalue weighted by atomic mass is 32.2. The Morgan fingerprint density at radius 2 is 2.06 bits per heavy atom. The molecule has 1 unspecified atom stereocenters. The summed E-state index contributed by atoms with van der Waals surface area (Å²) in [6.07, 6.45) is 1.76. The Morgan fingerprint density at radius 1 is 1.29 bits per heavy atom. The first-order chi connectivity index (χ1) is 14.9.